The molecule has 0 saturated carbocycles. The third-order valence-electron chi connectivity index (χ3n) is 3.36. The molecule has 6 heteroatoms. The summed E-state index contributed by atoms with van der Waals surface area (Å²) in [5.41, 5.74) is 1.72. The minimum Gasteiger partial charge on any atom is -0.491 e. The molecule has 0 bridgehead atoms. The van der Waals surface area contributed by atoms with Gasteiger partial charge in [-0.05, 0) is 12.1 Å². The van der Waals surface area contributed by atoms with Crippen molar-refractivity contribution in [3.05, 3.63) is 47.0 Å². The predicted octanol–water partition coefficient (Wildman–Crippen LogP) is 1.87. The molecule has 1 aromatic heterocycles. The molecular formula is C14H14ClN3O2. The van der Waals surface area contributed by atoms with Gasteiger partial charge in [-0.25, -0.2) is 4.98 Å². The van der Waals surface area contributed by atoms with E-state index in [1.807, 2.05) is 23.7 Å². The molecule has 20 heavy (non-hydrogen) atoms. The van der Waals surface area contributed by atoms with E-state index < -0.39 is 0 Å². The number of hydrogen-bond donors (Lipinski definition) is 1. The molecular weight excluding hydrogens is 278 g/mol. The van der Waals surface area contributed by atoms with Crippen molar-refractivity contribution in [2.45, 2.75) is 12.5 Å². The second-order valence-electron chi connectivity index (χ2n) is 4.76. The van der Waals surface area contributed by atoms with Crippen molar-refractivity contribution in [1.82, 2.24) is 14.9 Å². The smallest absolute Gasteiger partial charge is 0.226 e. The summed E-state index contributed by atoms with van der Waals surface area (Å²) in [5, 5.41) is 3.57. The van der Waals surface area contributed by atoms with Crippen molar-refractivity contribution in [2.75, 3.05) is 6.61 Å². The number of ether oxygens (including phenoxy) is 1. The zero-order valence-corrected chi connectivity index (χ0v) is 11.7. The average Bonchev–Trinajstić information content (AvgIpc) is 2.98. The number of hydrogen-bond acceptors (Lipinski definition) is 3. The van der Waals surface area contributed by atoms with Gasteiger partial charge in [0.25, 0.3) is 0 Å². The van der Waals surface area contributed by atoms with Gasteiger partial charge < -0.3 is 14.6 Å². The Balaban J connectivity index is 1.71. The van der Waals surface area contributed by atoms with Crippen LogP contribution in [0, 0.1) is 0 Å². The largest absolute Gasteiger partial charge is 0.491 e. The minimum absolute atomic E-state index is 0.0741. The summed E-state index contributed by atoms with van der Waals surface area (Å²) in [5.74, 6) is 0.665. The molecule has 0 saturated heterocycles. The predicted molar refractivity (Wildman–Crippen MR) is 74.7 cm³/mol. The maximum absolute atomic E-state index is 12.1. The Morgan fingerprint density at radius 3 is 3.20 bits per heavy atom. The summed E-state index contributed by atoms with van der Waals surface area (Å²) >= 11 is 6.17. The van der Waals surface area contributed by atoms with Gasteiger partial charge in [0.05, 0.1) is 18.8 Å². The van der Waals surface area contributed by atoms with Crippen LogP contribution < -0.4 is 10.1 Å². The number of rotatable bonds is 3. The van der Waals surface area contributed by atoms with E-state index in [-0.39, 0.29) is 18.4 Å². The van der Waals surface area contributed by atoms with Crippen molar-refractivity contribution in [1.29, 1.82) is 0 Å². The number of imidazole rings is 1. The summed E-state index contributed by atoms with van der Waals surface area (Å²) < 4.78 is 7.36. The highest BCUT2D eigenvalue weighted by atomic mass is 35.5. The van der Waals surface area contributed by atoms with E-state index in [0.29, 0.717) is 11.6 Å². The number of aryl methyl sites for hydroxylation is 1. The SMILES string of the molecule is Cn1cncc1CC(=O)NC1COc2cccc(Cl)c21. The lowest BCUT2D eigenvalue weighted by molar-refractivity contribution is -0.121. The van der Waals surface area contributed by atoms with Crippen LogP contribution in [-0.2, 0) is 18.3 Å². The molecule has 1 aromatic carbocycles. The molecule has 1 unspecified atom stereocenters. The Bertz CT molecular complexity index is 654. The molecule has 2 aromatic rings. The van der Waals surface area contributed by atoms with E-state index in [4.69, 9.17) is 16.3 Å². The summed E-state index contributed by atoms with van der Waals surface area (Å²) in [4.78, 5) is 16.1. The highest BCUT2D eigenvalue weighted by Crippen LogP contribution is 2.37. The van der Waals surface area contributed by atoms with Gasteiger partial charge in [-0.1, -0.05) is 17.7 Å². The van der Waals surface area contributed by atoms with Gasteiger partial charge >= 0.3 is 0 Å². The third kappa shape index (κ3) is 2.36. The number of nitrogens with zero attached hydrogens (tertiary/aromatic N) is 2. The van der Waals surface area contributed by atoms with Crippen molar-refractivity contribution in [3.63, 3.8) is 0 Å². The number of aromatic nitrogens is 2. The molecule has 0 radical (unpaired) electrons. The average molecular weight is 292 g/mol. The van der Waals surface area contributed by atoms with E-state index in [2.05, 4.69) is 10.3 Å². The molecule has 0 aliphatic carbocycles. The Morgan fingerprint density at radius 2 is 2.45 bits per heavy atom. The molecule has 5 nitrogen and oxygen atoms in total. The van der Waals surface area contributed by atoms with E-state index in [1.54, 1.807) is 18.6 Å². The van der Waals surface area contributed by atoms with Crippen LogP contribution >= 0.6 is 11.6 Å². The van der Waals surface area contributed by atoms with Gasteiger partial charge in [-0.3, -0.25) is 4.79 Å². The maximum atomic E-state index is 12.1. The van der Waals surface area contributed by atoms with Gasteiger partial charge in [0.1, 0.15) is 12.4 Å². The quantitative estimate of drug-likeness (QED) is 0.939. The fraction of sp³-hybridized carbons (Fsp3) is 0.286. The number of nitrogens with one attached hydrogen (secondary N) is 1. The van der Waals surface area contributed by atoms with Crippen LogP contribution in [0.5, 0.6) is 5.75 Å². The minimum atomic E-state index is -0.195. The Morgan fingerprint density at radius 1 is 1.60 bits per heavy atom. The number of benzene rings is 1. The molecule has 1 atom stereocenters. The van der Waals surface area contributed by atoms with Crippen molar-refractivity contribution < 1.29 is 9.53 Å². The normalized spacial score (nSPS) is 16.6. The number of fused-ring (bicyclic) bond motifs is 1. The number of carbonyl (C=O) groups is 1. The Kier molecular flexibility index (Phi) is 3.36. The summed E-state index contributed by atoms with van der Waals surface area (Å²) in [6.07, 6.45) is 3.64. The lowest BCUT2D eigenvalue weighted by atomic mass is 10.1. The van der Waals surface area contributed by atoms with Gasteiger partial charge in [-0.15, -0.1) is 0 Å². The van der Waals surface area contributed by atoms with E-state index in [0.717, 1.165) is 17.0 Å². The second kappa shape index (κ2) is 5.17. The highest BCUT2D eigenvalue weighted by molar-refractivity contribution is 6.31. The van der Waals surface area contributed by atoms with E-state index >= 15 is 0 Å². The molecule has 104 valence electrons. The summed E-state index contributed by atoms with van der Waals surface area (Å²) in [6.45, 7) is 0.413. The van der Waals surface area contributed by atoms with Crippen LogP contribution in [0.15, 0.2) is 30.7 Å². The van der Waals surface area contributed by atoms with E-state index in [9.17, 15) is 4.79 Å². The van der Waals surface area contributed by atoms with Crippen molar-refractivity contribution in [2.24, 2.45) is 7.05 Å². The molecule has 0 fully saturated rings. The monoisotopic (exact) mass is 291 g/mol. The highest BCUT2D eigenvalue weighted by Gasteiger charge is 2.28. The topological polar surface area (TPSA) is 56.2 Å². The maximum Gasteiger partial charge on any atom is 0.226 e. The van der Waals surface area contributed by atoms with Gasteiger partial charge in [0, 0.05) is 29.5 Å². The fourth-order valence-electron chi connectivity index (χ4n) is 2.32. The lowest BCUT2D eigenvalue weighted by Crippen LogP contribution is -2.31. The number of amides is 1. The molecule has 3 rings (SSSR count). The second-order valence-corrected chi connectivity index (χ2v) is 5.16. The fourth-order valence-corrected chi connectivity index (χ4v) is 2.61. The molecule has 1 aliphatic heterocycles. The van der Waals surface area contributed by atoms with Gasteiger partial charge in [0.2, 0.25) is 5.91 Å². The Hall–Kier alpha value is -2.01. The van der Waals surface area contributed by atoms with E-state index in [1.165, 1.54) is 0 Å². The first-order valence-electron chi connectivity index (χ1n) is 6.31. The first kappa shape index (κ1) is 13.0. The first-order valence-corrected chi connectivity index (χ1v) is 6.68. The van der Waals surface area contributed by atoms with Crippen molar-refractivity contribution in [3.8, 4) is 5.75 Å². The van der Waals surface area contributed by atoms with Gasteiger partial charge in [0.15, 0.2) is 0 Å². The van der Waals surface area contributed by atoms with Crippen LogP contribution in [0.25, 0.3) is 0 Å². The number of halogens is 1. The van der Waals surface area contributed by atoms with Crippen LogP contribution in [0.3, 0.4) is 0 Å². The molecule has 0 spiro atoms. The summed E-state index contributed by atoms with van der Waals surface area (Å²) in [7, 11) is 1.86. The van der Waals surface area contributed by atoms with Crippen LogP contribution in [-0.4, -0.2) is 22.1 Å². The zero-order valence-electron chi connectivity index (χ0n) is 11.0. The zero-order chi connectivity index (χ0) is 14.1. The first-order chi connectivity index (χ1) is 9.65. The third-order valence-corrected chi connectivity index (χ3v) is 3.69. The molecule has 1 amide bonds. The number of carbonyl (C=O) groups excluding carboxylic acids is 1. The van der Waals surface area contributed by atoms with Crippen LogP contribution in [0.1, 0.15) is 17.3 Å². The van der Waals surface area contributed by atoms with Gasteiger partial charge in [-0.2, -0.15) is 0 Å². The standard InChI is InChI=1S/C14H14ClN3O2/c1-18-8-16-6-9(18)5-13(19)17-11-7-20-12-4-2-3-10(15)14(11)12/h2-4,6,8,11H,5,7H2,1H3,(H,17,19). The van der Waals surface area contributed by atoms with Crippen LogP contribution in [0.4, 0.5) is 0 Å². The molecule has 1 N–H and O–H groups in total. The lowest BCUT2D eigenvalue weighted by Gasteiger charge is -2.12. The van der Waals surface area contributed by atoms with Crippen molar-refractivity contribution >= 4 is 17.5 Å². The Labute approximate surface area is 121 Å². The van der Waals surface area contributed by atoms with Crippen LogP contribution in [0.2, 0.25) is 5.02 Å². The summed E-state index contributed by atoms with van der Waals surface area (Å²) in [6, 6.07) is 5.30. The molecule has 2 heterocycles. The molecule has 1 aliphatic rings.